The quantitative estimate of drug-likeness (QED) is 0.923. The molecule has 0 unspecified atom stereocenters. The van der Waals surface area contributed by atoms with Crippen LogP contribution in [0.5, 0.6) is 5.75 Å². The largest absolute Gasteiger partial charge is 0.484 e. The van der Waals surface area contributed by atoms with Crippen molar-refractivity contribution in [1.29, 1.82) is 0 Å². The average Bonchev–Trinajstić information content (AvgIpc) is 2.43. The highest BCUT2D eigenvalue weighted by molar-refractivity contribution is 6.30. The van der Waals surface area contributed by atoms with E-state index in [1.807, 2.05) is 0 Å². The fraction of sp³-hybridized carbons (Fsp3) is 0.533. The second kappa shape index (κ2) is 6.93. The maximum atomic E-state index is 13.0. The fourth-order valence-corrected chi connectivity index (χ4v) is 2.67. The molecule has 0 saturated heterocycles. The zero-order chi connectivity index (χ0) is 14.5. The molecule has 3 nitrogen and oxygen atoms in total. The highest BCUT2D eigenvalue weighted by Gasteiger charge is 2.22. The topological polar surface area (TPSA) is 38.3 Å². The molecule has 0 spiro atoms. The molecule has 0 radical (unpaired) electrons. The summed E-state index contributed by atoms with van der Waals surface area (Å²) in [6.45, 7) is 2.08. The number of halogens is 2. The second-order valence-electron chi connectivity index (χ2n) is 5.30. The van der Waals surface area contributed by atoms with E-state index >= 15 is 0 Å². The fourth-order valence-electron chi connectivity index (χ4n) is 2.49. The summed E-state index contributed by atoms with van der Waals surface area (Å²) in [5.74, 6) is 0.250. The van der Waals surface area contributed by atoms with Crippen molar-refractivity contribution in [1.82, 2.24) is 5.32 Å². The van der Waals surface area contributed by atoms with Gasteiger partial charge in [0.05, 0.1) is 5.02 Å². The van der Waals surface area contributed by atoms with E-state index < -0.39 is 5.82 Å². The van der Waals surface area contributed by atoms with Crippen molar-refractivity contribution >= 4 is 17.5 Å². The molecule has 1 N–H and O–H groups in total. The van der Waals surface area contributed by atoms with Crippen molar-refractivity contribution in [3.05, 3.63) is 29.0 Å². The molecular weight excluding hydrogens is 281 g/mol. The Morgan fingerprint density at radius 1 is 1.45 bits per heavy atom. The number of hydrogen-bond donors (Lipinski definition) is 1. The van der Waals surface area contributed by atoms with Gasteiger partial charge in [-0.25, -0.2) is 4.39 Å². The first-order valence-corrected chi connectivity index (χ1v) is 7.31. The van der Waals surface area contributed by atoms with Gasteiger partial charge in [0, 0.05) is 12.1 Å². The molecule has 0 heterocycles. The molecule has 0 aliphatic heterocycles. The minimum Gasteiger partial charge on any atom is -0.484 e. The monoisotopic (exact) mass is 299 g/mol. The Hall–Kier alpha value is -1.29. The van der Waals surface area contributed by atoms with Crippen molar-refractivity contribution in [2.45, 2.75) is 38.6 Å². The van der Waals surface area contributed by atoms with E-state index in [1.54, 1.807) is 0 Å². The molecule has 1 aromatic carbocycles. The number of ether oxygens (including phenoxy) is 1. The molecule has 1 aliphatic rings. The molecule has 2 atom stereocenters. The van der Waals surface area contributed by atoms with Crippen LogP contribution in [-0.4, -0.2) is 18.6 Å². The van der Waals surface area contributed by atoms with Crippen molar-refractivity contribution in [3.8, 4) is 5.75 Å². The Morgan fingerprint density at radius 2 is 2.20 bits per heavy atom. The van der Waals surface area contributed by atoms with Gasteiger partial charge in [-0.3, -0.25) is 4.79 Å². The highest BCUT2D eigenvalue weighted by Crippen LogP contribution is 2.24. The first-order valence-electron chi connectivity index (χ1n) is 6.93. The van der Waals surface area contributed by atoms with E-state index in [9.17, 15) is 9.18 Å². The molecule has 1 amide bonds. The maximum absolute atomic E-state index is 13.0. The van der Waals surface area contributed by atoms with Gasteiger partial charge in [0.15, 0.2) is 6.61 Å². The number of nitrogens with one attached hydrogen (secondary N) is 1. The van der Waals surface area contributed by atoms with Crippen LogP contribution in [-0.2, 0) is 4.79 Å². The van der Waals surface area contributed by atoms with Crippen molar-refractivity contribution < 1.29 is 13.9 Å². The van der Waals surface area contributed by atoms with Crippen LogP contribution in [0.25, 0.3) is 0 Å². The predicted molar refractivity (Wildman–Crippen MR) is 76.5 cm³/mol. The Kier molecular flexibility index (Phi) is 5.24. The Bertz CT molecular complexity index is 481. The number of rotatable bonds is 4. The smallest absolute Gasteiger partial charge is 0.258 e. The van der Waals surface area contributed by atoms with E-state index in [-0.39, 0.29) is 23.6 Å². The van der Waals surface area contributed by atoms with Gasteiger partial charge in [-0.1, -0.05) is 31.4 Å². The minimum atomic E-state index is -0.500. The van der Waals surface area contributed by atoms with Gasteiger partial charge < -0.3 is 10.1 Å². The Morgan fingerprint density at radius 3 is 2.90 bits per heavy atom. The third kappa shape index (κ3) is 4.10. The molecule has 1 aliphatic carbocycles. The molecule has 2 rings (SSSR count). The number of amides is 1. The molecule has 1 aromatic rings. The van der Waals surface area contributed by atoms with Crippen LogP contribution in [0.1, 0.15) is 32.6 Å². The predicted octanol–water partition coefficient (Wildman–Crippen LogP) is 3.55. The molecule has 20 heavy (non-hydrogen) atoms. The van der Waals surface area contributed by atoms with Gasteiger partial charge in [0.2, 0.25) is 0 Å². The van der Waals surface area contributed by atoms with Crippen LogP contribution in [0, 0.1) is 11.7 Å². The zero-order valence-corrected chi connectivity index (χ0v) is 12.3. The van der Waals surface area contributed by atoms with Crippen LogP contribution in [0.3, 0.4) is 0 Å². The SMILES string of the molecule is C[C@@H]1CCCC[C@H]1NC(=O)COc1ccc(F)c(Cl)c1. The van der Waals surface area contributed by atoms with Gasteiger partial charge in [0.1, 0.15) is 11.6 Å². The van der Waals surface area contributed by atoms with Gasteiger partial charge in [-0.2, -0.15) is 0 Å². The second-order valence-corrected chi connectivity index (χ2v) is 5.71. The molecule has 0 aromatic heterocycles. The zero-order valence-electron chi connectivity index (χ0n) is 11.5. The first kappa shape index (κ1) is 15.1. The lowest BCUT2D eigenvalue weighted by Crippen LogP contribution is -2.43. The molecule has 5 heteroatoms. The van der Waals surface area contributed by atoms with Crippen molar-refractivity contribution in [3.63, 3.8) is 0 Å². The van der Waals surface area contributed by atoms with Gasteiger partial charge in [-0.15, -0.1) is 0 Å². The standard InChI is InChI=1S/C15H19ClFNO2/c1-10-4-2-3-5-14(10)18-15(19)9-20-11-6-7-13(17)12(16)8-11/h6-8,10,14H,2-5,9H2,1H3,(H,18,19)/t10-,14-/m1/s1. The summed E-state index contributed by atoms with van der Waals surface area (Å²) in [5.41, 5.74) is 0. The summed E-state index contributed by atoms with van der Waals surface area (Å²) in [6, 6.07) is 4.28. The number of benzene rings is 1. The van der Waals surface area contributed by atoms with Crippen LogP contribution in [0.15, 0.2) is 18.2 Å². The van der Waals surface area contributed by atoms with Crippen LogP contribution in [0.4, 0.5) is 4.39 Å². The lowest BCUT2D eigenvalue weighted by atomic mass is 9.86. The van der Waals surface area contributed by atoms with E-state index in [0.29, 0.717) is 11.7 Å². The van der Waals surface area contributed by atoms with Crippen LogP contribution < -0.4 is 10.1 Å². The third-order valence-electron chi connectivity index (χ3n) is 3.72. The molecular formula is C15H19ClFNO2. The number of carbonyl (C=O) groups is 1. The van der Waals surface area contributed by atoms with Crippen molar-refractivity contribution in [2.75, 3.05) is 6.61 Å². The minimum absolute atomic E-state index is 0.0104. The molecule has 1 saturated carbocycles. The number of hydrogen-bond acceptors (Lipinski definition) is 2. The molecule has 0 bridgehead atoms. The average molecular weight is 300 g/mol. The van der Waals surface area contributed by atoms with E-state index in [2.05, 4.69) is 12.2 Å². The molecule has 110 valence electrons. The van der Waals surface area contributed by atoms with Crippen molar-refractivity contribution in [2.24, 2.45) is 5.92 Å². The summed E-state index contributed by atoms with van der Waals surface area (Å²) in [7, 11) is 0. The first-order chi connectivity index (χ1) is 9.56. The molecule has 1 fully saturated rings. The highest BCUT2D eigenvalue weighted by atomic mass is 35.5. The summed E-state index contributed by atoms with van der Waals surface area (Å²) >= 11 is 5.65. The van der Waals surface area contributed by atoms with Gasteiger partial charge >= 0.3 is 0 Å². The van der Waals surface area contributed by atoms with Gasteiger partial charge in [0.25, 0.3) is 5.91 Å². The normalized spacial score (nSPS) is 22.4. The Balaban J connectivity index is 1.81. The lowest BCUT2D eigenvalue weighted by molar-refractivity contribution is -0.124. The van der Waals surface area contributed by atoms with Crippen LogP contribution >= 0.6 is 11.6 Å². The lowest BCUT2D eigenvalue weighted by Gasteiger charge is -2.29. The van der Waals surface area contributed by atoms with Crippen LogP contribution in [0.2, 0.25) is 5.02 Å². The summed E-state index contributed by atoms with van der Waals surface area (Å²) in [5, 5.41) is 2.98. The van der Waals surface area contributed by atoms with E-state index in [0.717, 1.165) is 19.3 Å². The van der Waals surface area contributed by atoms with Gasteiger partial charge in [-0.05, 0) is 30.9 Å². The third-order valence-corrected chi connectivity index (χ3v) is 4.01. The summed E-state index contributed by atoms with van der Waals surface area (Å²) < 4.78 is 18.3. The number of carbonyl (C=O) groups excluding carboxylic acids is 1. The Labute approximate surface area is 123 Å². The maximum Gasteiger partial charge on any atom is 0.258 e. The van der Waals surface area contributed by atoms with E-state index in [4.69, 9.17) is 16.3 Å². The summed E-state index contributed by atoms with van der Waals surface area (Å²) in [6.07, 6.45) is 4.57. The summed E-state index contributed by atoms with van der Waals surface area (Å²) in [4.78, 5) is 11.8. The van der Waals surface area contributed by atoms with E-state index in [1.165, 1.54) is 24.6 Å².